The van der Waals surface area contributed by atoms with Crippen LogP contribution in [0.3, 0.4) is 0 Å². The lowest BCUT2D eigenvalue weighted by Gasteiger charge is -2.40. The number of nitrogens with one attached hydrogen (secondary N) is 1. The van der Waals surface area contributed by atoms with Gasteiger partial charge < -0.3 is 9.88 Å². The number of piperidine rings is 1. The molecule has 2 heterocycles. The van der Waals surface area contributed by atoms with E-state index >= 15 is 0 Å². The van der Waals surface area contributed by atoms with Crippen molar-refractivity contribution in [2.45, 2.75) is 63.6 Å². The van der Waals surface area contributed by atoms with E-state index in [9.17, 15) is 9.59 Å². The van der Waals surface area contributed by atoms with E-state index in [1.54, 1.807) is 17.0 Å². The minimum atomic E-state index is -0.0305. The summed E-state index contributed by atoms with van der Waals surface area (Å²) in [4.78, 5) is 25.9. The predicted octanol–water partition coefficient (Wildman–Crippen LogP) is 1.76. The highest BCUT2D eigenvalue weighted by molar-refractivity contribution is 5.76. The lowest BCUT2D eigenvalue weighted by molar-refractivity contribution is -0.122. The van der Waals surface area contributed by atoms with Gasteiger partial charge >= 0.3 is 0 Å². The third-order valence-corrected chi connectivity index (χ3v) is 5.10. The standard InChI is InChI=1S/C18H27N3O2/c22-17-8-11-20(12-9-17)14-18(23)19-15-5-4-10-21(13-15)16-6-2-1-3-7-16/h8-9,11-12,15-16H,1-7,10,13-14H2,(H,19,23)/t15-/m1/s1. The van der Waals surface area contributed by atoms with Gasteiger partial charge in [0.1, 0.15) is 6.54 Å². The Labute approximate surface area is 137 Å². The number of amides is 1. The van der Waals surface area contributed by atoms with Crippen LogP contribution in [-0.4, -0.2) is 40.5 Å². The van der Waals surface area contributed by atoms with Crippen molar-refractivity contribution in [2.24, 2.45) is 0 Å². The fourth-order valence-electron chi connectivity index (χ4n) is 3.89. The van der Waals surface area contributed by atoms with Crippen LogP contribution in [0.2, 0.25) is 0 Å². The molecule has 1 N–H and O–H groups in total. The molecule has 3 rings (SSSR count). The lowest BCUT2D eigenvalue weighted by Crippen LogP contribution is -2.51. The van der Waals surface area contributed by atoms with E-state index in [2.05, 4.69) is 10.2 Å². The molecule has 2 aliphatic rings. The van der Waals surface area contributed by atoms with Crippen molar-refractivity contribution in [3.63, 3.8) is 0 Å². The normalized spacial score (nSPS) is 23.6. The van der Waals surface area contributed by atoms with Crippen molar-refractivity contribution in [3.05, 3.63) is 34.7 Å². The van der Waals surface area contributed by atoms with Gasteiger partial charge in [0.05, 0.1) is 0 Å². The van der Waals surface area contributed by atoms with Crippen molar-refractivity contribution >= 4 is 5.91 Å². The Hall–Kier alpha value is -1.62. The molecule has 5 heteroatoms. The van der Waals surface area contributed by atoms with Gasteiger partial charge in [-0.2, -0.15) is 0 Å². The first kappa shape index (κ1) is 16.2. The summed E-state index contributed by atoms with van der Waals surface area (Å²) in [6.45, 7) is 2.44. The van der Waals surface area contributed by atoms with Crippen LogP contribution in [0.4, 0.5) is 0 Å². The molecule has 0 aromatic carbocycles. The zero-order valence-electron chi connectivity index (χ0n) is 13.7. The van der Waals surface area contributed by atoms with Crippen LogP contribution < -0.4 is 10.7 Å². The number of hydrogen-bond acceptors (Lipinski definition) is 3. The summed E-state index contributed by atoms with van der Waals surface area (Å²) in [6, 6.07) is 3.96. The van der Waals surface area contributed by atoms with Gasteiger partial charge in [0, 0.05) is 43.2 Å². The maximum atomic E-state index is 12.2. The first-order valence-electron chi connectivity index (χ1n) is 8.90. The van der Waals surface area contributed by atoms with Crippen LogP contribution in [0, 0.1) is 0 Å². The summed E-state index contributed by atoms with van der Waals surface area (Å²) in [5, 5.41) is 3.17. The summed E-state index contributed by atoms with van der Waals surface area (Å²) >= 11 is 0. The van der Waals surface area contributed by atoms with Gasteiger partial charge in [0.25, 0.3) is 0 Å². The molecule has 1 aliphatic carbocycles. The van der Waals surface area contributed by atoms with Gasteiger partial charge in [-0.15, -0.1) is 0 Å². The number of aromatic nitrogens is 1. The van der Waals surface area contributed by atoms with Crippen LogP contribution >= 0.6 is 0 Å². The second kappa shape index (κ2) is 7.77. The van der Waals surface area contributed by atoms with Crippen molar-refractivity contribution in [1.82, 2.24) is 14.8 Å². The van der Waals surface area contributed by atoms with Crippen LogP contribution in [0.25, 0.3) is 0 Å². The summed E-state index contributed by atoms with van der Waals surface area (Å²) in [5.74, 6) is 0.0316. The number of rotatable bonds is 4. The number of pyridine rings is 1. The van der Waals surface area contributed by atoms with Crippen molar-refractivity contribution in [2.75, 3.05) is 13.1 Å². The molecule has 2 fully saturated rings. The molecule has 23 heavy (non-hydrogen) atoms. The summed E-state index contributed by atoms with van der Waals surface area (Å²) < 4.78 is 1.75. The molecule has 0 spiro atoms. The topological polar surface area (TPSA) is 54.3 Å². The van der Waals surface area contributed by atoms with E-state index in [4.69, 9.17) is 0 Å². The highest BCUT2D eigenvalue weighted by Crippen LogP contribution is 2.25. The first-order valence-corrected chi connectivity index (χ1v) is 8.90. The average Bonchev–Trinajstić information content (AvgIpc) is 2.58. The van der Waals surface area contributed by atoms with E-state index in [1.165, 1.54) is 57.2 Å². The quantitative estimate of drug-likeness (QED) is 0.921. The second-order valence-electron chi connectivity index (χ2n) is 6.90. The molecule has 126 valence electrons. The summed E-state index contributed by atoms with van der Waals surface area (Å²) in [7, 11) is 0. The lowest BCUT2D eigenvalue weighted by atomic mass is 9.92. The van der Waals surface area contributed by atoms with E-state index in [1.807, 2.05) is 0 Å². The van der Waals surface area contributed by atoms with Crippen molar-refractivity contribution in [3.8, 4) is 0 Å². The highest BCUT2D eigenvalue weighted by atomic mass is 16.2. The van der Waals surface area contributed by atoms with Gasteiger partial charge in [0.2, 0.25) is 5.91 Å². The Bertz CT molecular complexity index is 557. The average molecular weight is 317 g/mol. The molecule has 1 aromatic rings. The van der Waals surface area contributed by atoms with Gasteiger partial charge in [0.15, 0.2) is 5.43 Å². The zero-order valence-corrected chi connectivity index (χ0v) is 13.7. The Morgan fingerprint density at radius 2 is 1.83 bits per heavy atom. The van der Waals surface area contributed by atoms with Gasteiger partial charge in [-0.1, -0.05) is 19.3 Å². The molecule has 0 unspecified atom stereocenters. The summed E-state index contributed by atoms with van der Waals surface area (Å²) in [6.07, 6.45) is 12.3. The number of likely N-dealkylation sites (tertiary alicyclic amines) is 1. The molecule has 5 nitrogen and oxygen atoms in total. The van der Waals surface area contributed by atoms with Crippen LogP contribution in [0.15, 0.2) is 29.3 Å². The Balaban J connectivity index is 1.49. The molecule has 1 aliphatic heterocycles. The highest BCUT2D eigenvalue weighted by Gasteiger charge is 2.27. The number of hydrogen-bond donors (Lipinski definition) is 1. The van der Waals surface area contributed by atoms with E-state index < -0.39 is 0 Å². The summed E-state index contributed by atoms with van der Waals surface area (Å²) in [5.41, 5.74) is -0.0305. The van der Waals surface area contributed by atoms with Crippen molar-refractivity contribution < 1.29 is 4.79 Å². The van der Waals surface area contributed by atoms with Crippen LogP contribution in [0.1, 0.15) is 44.9 Å². The predicted molar refractivity (Wildman–Crippen MR) is 90.3 cm³/mol. The molecule has 1 aromatic heterocycles. The van der Waals surface area contributed by atoms with Gasteiger partial charge in [-0.25, -0.2) is 0 Å². The molecular formula is C18H27N3O2. The Kier molecular flexibility index (Phi) is 5.49. The zero-order chi connectivity index (χ0) is 16.1. The minimum Gasteiger partial charge on any atom is -0.351 e. The maximum Gasteiger partial charge on any atom is 0.240 e. The Morgan fingerprint density at radius 3 is 2.57 bits per heavy atom. The third kappa shape index (κ3) is 4.67. The maximum absolute atomic E-state index is 12.2. The number of carbonyl (C=O) groups excluding carboxylic acids is 1. The molecule has 1 atom stereocenters. The monoisotopic (exact) mass is 317 g/mol. The van der Waals surface area contributed by atoms with E-state index in [0.29, 0.717) is 0 Å². The SMILES string of the molecule is O=C(Cn1ccc(=O)cc1)N[C@@H]1CCCN(C2CCCCC2)C1. The van der Waals surface area contributed by atoms with Crippen LogP contribution in [-0.2, 0) is 11.3 Å². The fourth-order valence-corrected chi connectivity index (χ4v) is 3.89. The molecule has 1 amide bonds. The third-order valence-electron chi connectivity index (χ3n) is 5.10. The van der Waals surface area contributed by atoms with Crippen LogP contribution in [0.5, 0.6) is 0 Å². The molecular weight excluding hydrogens is 290 g/mol. The van der Waals surface area contributed by atoms with E-state index in [-0.39, 0.29) is 23.9 Å². The smallest absolute Gasteiger partial charge is 0.240 e. The molecule has 1 saturated carbocycles. The Morgan fingerprint density at radius 1 is 1.09 bits per heavy atom. The number of nitrogens with zero attached hydrogens (tertiary/aromatic N) is 2. The van der Waals surface area contributed by atoms with Gasteiger partial charge in [-0.3, -0.25) is 14.5 Å². The number of carbonyl (C=O) groups is 1. The van der Waals surface area contributed by atoms with E-state index in [0.717, 1.165) is 19.0 Å². The molecule has 0 radical (unpaired) electrons. The molecule has 0 bridgehead atoms. The molecule has 1 saturated heterocycles. The van der Waals surface area contributed by atoms with Crippen molar-refractivity contribution in [1.29, 1.82) is 0 Å². The van der Waals surface area contributed by atoms with Gasteiger partial charge in [-0.05, 0) is 32.2 Å². The minimum absolute atomic E-state index is 0.0305. The fraction of sp³-hybridized carbons (Fsp3) is 0.667. The second-order valence-corrected chi connectivity index (χ2v) is 6.90. The largest absolute Gasteiger partial charge is 0.351 e. The first-order chi connectivity index (χ1) is 11.2.